The van der Waals surface area contributed by atoms with Crippen LogP contribution in [-0.4, -0.2) is 19.3 Å². The summed E-state index contributed by atoms with van der Waals surface area (Å²) in [4.78, 5) is 16.3. The highest BCUT2D eigenvalue weighted by Crippen LogP contribution is 2.13. The van der Waals surface area contributed by atoms with E-state index in [1.54, 1.807) is 36.5 Å². The Morgan fingerprint density at radius 2 is 1.64 bits per heavy atom. The molecule has 0 aliphatic heterocycles. The number of hydrogen-bond donors (Lipinski definition) is 2. The Bertz CT molecular complexity index is 1050. The molecular weight excluding hydrogens is 374 g/mol. The average molecular weight is 393 g/mol. The van der Waals surface area contributed by atoms with Crippen molar-refractivity contribution in [1.29, 1.82) is 0 Å². The summed E-state index contributed by atoms with van der Waals surface area (Å²) in [6, 6.07) is 20.8. The molecule has 0 aliphatic carbocycles. The van der Waals surface area contributed by atoms with E-state index >= 15 is 0 Å². The average Bonchev–Trinajstić information content (AvgIpc) is 2.72. The van der Waals surface area contributed by atoms with E-state index in [4.69, 9.17) is 0 Å². The molecule has 0 fully saturated rings. The Morgan fingerprint density at radius 1 is 0.929 bits per heavy atom. The number of sulfonamides is 1. The van der Waals surface area contributed by atoms with Crippen LogP contribution in [0.2, 0.25) is 0 Å². The van der Waals surface area contributed by atoms with Crippen molar-refractivity contribution in [3.63, 3.8) is 0 Å². The van der Waals surface area contributed by atoms with E-state index in [1.807, 2.05) is 42.5 Å². The summed E-state index contributed by atoms with van der Waals surface area (Å²) in [5, 5.41) is 3.88. The van der Waals surface area contributed by atoms with Gasteiger partial charge in [-0.05, 0) is 48.0 Å². The van der Waals surface area contributed by atoms with E-state index in [9.17, 15) is 13.2 Å². The second-order valence-electron chi connectivity index (χ2n) is 5.94. The number of nitrogens with one attached hydrogen (secondary N) is 2. The van der Waals surface area contributed by atoms with E-state index in [0.29, 0.717) is 17.8 Å². The van der Waals surface area contributed by atoms with Gasteiger partial charge in [0, 0.05) is 17.4 Å². The fourth-order valence-electron chi connectivity index (χ4n) is 2.40. The topological polar surface area (TPSA) is 88.2 Å². The van der Waals surface area contributed by atoms with Gasteiger partial charge in [-0.3, -0.25) is 14.5 Å². The number of hydrogen-bond acceptors (Lipinski definition) is 4. The normalized spacial score (nSPS) is 11.3. The lowest BCUT2D eigenvalue weighted by Gasteiger charge is -2.07. The number of rotatable bonds is 7. The zero-order chi connectivity index (χ0) is 19.8. The highest BCUT2D eigenvalue weighted by molar-refractivity contribution is 7.95. The monoisotopic (exact) mass is 393 g/mol. The van der Waals surface area contributed by atoms with Crippen LogP contribution in [-0.2, 0) is 16.6 Å². The van der Waals surface area contributed by atoms with Crippen molar-refractivity contribution in [2.75, 3.05) is 4.72 Å². The van der Waals surface area contributed by atoms with Gasteiger partial charge >= 0.3 is 0 Å². The first-order chi connectivity index (χ1) is 13.5. The molecule has 1 amide bonds. The Morgan fingerprint density at radius 3 is 2.32 bits per heavy atom. The minimum Gasteiger partial charge on any atom is -0.346 e. The predicted octanol–water partition coefficient (Wildman–Crippen LogP) is 3.42. The van der Waals surface area contributed by atoms with Crippen LogP contribution in [0.5, 0.6) is 0 Å². The third-order valence-electron chi connectivity index (χ3n) is 3.80. The Balaban J connectivity index is 1.59. The molecule has 0 bridgehead atoms. The summed E-state index contributed by atoms with van der Waals surface area (Å²) in [5.74, 6) is -0.260. The molecule has 0 unspecified atom stereocenters. The van der Waals surface area contributed by atoms with Gasteiger partial charge in [0.1, 0.15) is 0 Å². The molecule has 0 aliphatic rings. The lowest BCUT2D eigenvalue weighted by Crippen LogP contribution is -2.23. The number of benzene rings is 2. The second-order valence-corrected chi connectivity index (χ2v) is 7.51. The Labute approximate surface area is 164 Å². The van der Waals surface area contributed by atoms with E-state index in [2.05, 4.69) is 15.0 Å². The first-order valence-corrected chi connectivity index (χ1v) is 10.1. The van der Waals surface area contributed by atoms with Gasteiger partial charge in [0.15, 0.2) is 0 Å². The van der Waals surface area contributed by atoms with Gasteiger partial charge in [-0.15, -0.1) is 0 Å². The summed E-state index contributed by atoms with van der Waals surface area (Å²) in [6.07, 6.45) is 3.18. The molecule has 0 atom stereocenters. The molecule has 1 aromatic heterocycles. The van der Waals surface area contributed by atoms with Gasteiger partial charge in [-0.1, -0.05) is 36.4 Å². The summed E-state index contributed by atoms with van der Waals surface area (Å²) >= 11 is 0. The van der Waals surface area contributed by atoms with Crippen LogP contribution >= 0.6 is 0 Å². The number of carbonyl (C=O) groups is 1. The molecule has 3 rings (SSSR count). The standard InChI is InChI=1S/C21H19N3O3S/c25-21(23-16-20-8-4-5-14-22-20)18-9-11-19(12-10-18)24-28(26,27)15-13-17-6-2-1-3-7-17/h1-15,24H,16H2,(H,23,25)/b15-13+. The van der Waals surface area contributed by atoms with E-state index in [-0.39, 0.29) is 5.91 Å². The van der Waals surface area contributed by atoms with Crippen molar-refractivity contribution in [3.8, 4) is 0 Å². The number of carbonyl (C=O) groups excluding carboxylic acids is 1. The maximum absolute atomic E-state index is 12.2. The zero-order valence-corrected chi connectivity index (χ0v) is 15.8. The van der Waals surface area contributed by atoms with Gasteiger partial charge in [-0.25, -0.2) is 8.42 Å². The molecule has 2 aromatic carbocycles. The van der Waals surface area contributed by atoms with E-state index in [0.717, 1.165) is 16.7 Å². The van der Waals surface area contributed by atoms with Crippen molar-refractivity contribution in [3.05, 3.63) is 101 Å². The Hall–Kier alpha value is -3.45. The molecule has 2 N–H and O–H groups in total. The predicted molar refractivity (Wildman–Crippen MR) is 110 cm³/mol. The highest BCUT2D eigenvalue weighted by Gasteiger charge is 2.08. The number of amides is 1. The number of aromatic nitrogens is 1. The molecule has 0 saturated carbocycles. The van der Waals surface area contributed by atoms with Crippen molar-refractivity contribution in [2.45, 2.75) is 6.54 Å². The van der Waals surface area contributed by atoms with E-state index < -0.39 is 10.0 Å². The van der Waals surface area contributed by atoms with Crippen LogP contribution in [0.3, 0.4) is 0 Å². The summed E-state index contributed by atoms with van der Waals surface area (Å²) in [7, 11) is -3.65. The van der Waals surface area contributed by atoms with Crippen LogP contribution in [0.1, 0.15) is 21.6 Å². The molecule has 6 nitrogen and oxygen atoms in total. The largest absolute Gasteiger partial charge is 0.346 e. The smallest absolute Gasteiger partial charge is 0.255 e. The lowest BCUT2D eigenvalue weighted by atomic mass is 10.2. The third kappa shape index (κ3) is 5.78. The molecule has 142 valence electrons. The van der Waals surface area contributed by atoms with Crippen LogP contribution < -0.4 is 10.0 Å². The van der Waals surface area contributed by atoms with Gasteiger partial charge in [0.25, 0.3) is 15.9 Å². The number of anilines is 1. The number of nitrogens with zero attached hydrogens (tertiary/aromatic N) is 1. The maximum atomic E-state index is 12.2. The van der Waals surface area contributed by atoms with Crippen molar-refractivity contribution in [1.82, 2.24) is 10.3 Å². The van der Waals surface area contributed by atoms with Crippen molar-refractivity contribution >= 4 is 27.7 Å². The highest BCUT2D eigenvalue weighted by atomic mass is 32.2. The second kappa shape index (κ2) is 8.96. The zero-order valence-electron chi connectivity index (χ0n) is 14.9. The molecule has 0 radical (unpaired) electrons. The SMILES string of the molecule is O=C(NCc1ccccn1)c1ccc(NS(=O)(=O)/C=C/c2ccccc2)cc1. The quantitative estimate of drug-likeness (QED) is 0.644. The fourth-order valence-corrected chi connectivity index (χ4v) is 3.26. The third-order valence-corrected chi connectivity index (χ3v) is 4.82. The molecule has 1 heterocycles. The van der Waals surface area contributed by atoms with Gasteiger partial charge in [-0.2, -0.15) is 0 Å². The van der Waals surface area contributed by atoms with Gasteiger partial charge < -0.3 is 5.32 Å². The minimum atomic E-state index is -3.65. The van der Waals surface area contributed by atoms with Crippen molar-refractivity contribution in [2.24, 2.45) is 0 Å². The van der Waals surface area contributed by atoms with Gasteiger partial charge in [0.2, 0.25) is 0 Å². The molecular formula is C21H19N3O3S. The first-order valence-electron chi connectivity index (χ1n) is 8.56. The molecule has 28 heavy (non-hydrogen) atoms. The lowest BCUT2D eigenvalue weighted by molar-refractivity contribution is 0.0950. The molecule has 3 aromatic rings. The van der Waals surface area contributed by atoms with Crippen LogP contribution in [0.25, 0.3) is 6.08 Å². The first kappa shape index (κ1) is 19.3. The van der Waals surface area contributed by atoms with E-state index in [1.165, 1.54) is 6.08 Å². The molecule has 0 spiro atoms. The Kier molecular flexibility index (Phi) is 6.18. The maximum Gasteiger partial charge on any atom is 0.255 e. The summed E-state index contributed by atoms with van der Waals surface area (Å²) in [5.41, 5.74) is 2.34. The van der Waals surface area contributed by atoms with Crippen molar-refractivity contribution < 1.29 is 13.2 Å². The molecule has 0 saturated heterocycles. The summed E-state index contributed by atoms with van der Waals surface area (Å²) < 4.78 is 26.8. The van der Waals surface area contributed by atoms with Crippen LogP contribution in [0.15, 0.2) is 84.4 Å². The fraction of sp³-hybridized carbons (Fsp3) is 0.0476. The molecule has 7 heteroatoms. The van der Waals surface area contributed by atoms with Crippen LogP contribution in [0, 0.1) is 0 Å². The minimum absolute atomic E-state index is 0.260. The van der Waals surface area contributed by atoms with Gasteiger partial charge in [0.05, 0.1) is 17.6 Å². The summed E-state index contributed by atoms with van der Waals surface area (Å²) in [6.45, 7) is 0.318. The number of pyridine rings is 1. The van der Waals surface area contributed by atoms with Crippen LogP contribution in [0.4, 0.5) is 5.69 Å².